The maximum Gasteiger partial charge on any atom is 0.243 e. The Balaban J connectivity index is 1.94. The SMILES string of the molecule is Cc1ccc(NC(=O)CNc2cc(Cl)cc(Cl)c2)cc1Br. The lowest BCUT2D eigenvalue weighted by molar-refractivity contribution is -0.114. The molecule has 0 saturated heterocycles. The normalized spacial score (nSPS) is 10.3. The smallest absolute Gasteiger partial charge is 0.243 e. The van der Waals surface area contributed by atoms with E-state index >= 15 is 0 Å². The van der Waals surface area contributed by atoms with Crippen LogP contribution in [0.3, 0.4) is 0 Å². The molecule has 0 heterocycles. The predicted octanol–water partition coefficient (Wildman–Crippen LogP) is 5.11. The van der Waals surface area contributed by atoms with E-state index in [4.69, 9.17) is 23.2 Å². The van der Waals surface area contributed by atoms with Gasteiger partial charge in [0, 0.05) is 25.9 Å². The van der Waals surface area contributed by atoms with Crippen molar-refractivity contribution in [2.75, 3.05) is 17.2 Å². The van der Waals surface area contributed by atoms with Crippen LogP contribution < -0.4 is 10.6 Å². The third-order valence-electron chi connectivity index (χ3n) is 2.77. The highest BCUT2D eigenvalue weighted by Crippen LogP contribution is 2.23. The molecule has 0 saturated carbocycles. The molecule has 1 amide bonds. The van der Waals surface area contributed by atoms with Gasteiger partial charge in [-0.15, -0.1) is 0 Å². The van der Waals surface area contributed by atoms with Crippen LogP contribution in [0, 0.1) is 6.92 Å². The number of aryl methyl sites for hydroxylation is 1. The summed E-state index contributed by atoms with van der Waals surface area (Å²) in [6.45, 7) is 2.11. The van der Waals surface area contributed by atoms with E-state index < -0.39 is 0 Å². The summed E-state index contributed by atoms with van der Waals surface area (Å²) in [5.41, 5.74) is 2.55. The summed E-state index contributed by atoms with van der Waals surface area (Å²) in [7, 11) is 0. The predicted molar refractivity (Wildman–Crippen MR) is 92.5 cm³/mol. The van der Waals surface area contributed by atoms with Crippen LogP contribution in [-0.2, 0) is 4.79 Å². The Morgan fingerprint density at radius 2 is 1.76 bits per heavy atom. The van der Waals surface area contributed by atoms with Crippen LogP contribution in [0.2, 0.25) is 10.0 Å². The molecule has 0 radical (unpaired) electrons. The van der Waals surface area contributed by atoms with Crippen LogP contribution in [0.1, 0.15) is 5.56 Å². The van der Waals surface area contributed by atoms with Gasteiger partial charge in [0.2, 0.25) is 5.91 Å². The summed E-state index contributed by atoms with van der Waals surface area (Å²) in [6.07, 6.45) is 0. The first-order chi connectivity index (χ1) is 9.94. The summed E-state index contributed by atoms with van der Waals surface area (Å²) >= 11 is 15.2. The van der Waals surface area contributed by atoms with E-state index in [0.717, 1.165) is 15.7 Å². The lowest BCUT2D eigenvalue weighted by Crippen LogP contribution is -2.21. The molecular weight excluding hydrogens is 375 g/mol. The Morgan fingerprint density at radius 1 is 1.10 bits per heavy atom. The zero-order valence-corrected chi connectivity index (χ0v) is 14.3. The van der Waals surface area contributed by atoms with Gasteiger partial charge >= 0.3 is 0 Å². The van der Waals surface area contributed by atoms with Crippen molar-refractivity contribution in [3.63, 3.8) is 0 Å². The van der Waals surface area contributed by atoms with Gasteiger partial charge in [-0.2, -0.15) is 0 Å². The number of anilines is 2. The summed E-state index contributed by atoms with van der Waals surface area (Å²) in [4.78, 5) is 11.9. The molecule has 0 fully saturated rings. The summed E-state index contributed by atoms with van der Waals surface area (Å²) in [6, 6.07) is 10.7. The highest BCUT2D eigenvalue weighted by atomic mass is 79.9. The summed E-state index contributed by atoms with van der Waals surface area (Å²) < 4.78 is 0.954. The van der Waals surface area contributed by atoms with Crippen molar-refractivity contribution in [1.82, 2.24) is 0 Å². The third kappa shape index (κ3) is 4.92. The van der Waals surface area contributed by atoms with Gasteiger partial charge in [0.05, 0.1) is 6.54 Å². The number of benzene rings is 2. The monoisotopic (exact) mass is 386 g/mol. The van der Waals surface area contributed by atoms with Crippen molar-refractivity contribution < 1.29 is 4.79 Å². The fourth-order valence-corrected chi connectivity index (χ4v) is 2.62. The number of rotatable bonds is 4. The van der Waals surface area contributed by atoms with Gasteiger partial charge in [-0.3, -0.25) is 4.79 Å². The maximum atomic E-state index is 11.9. The summed E-state index contributed by atoms with van der Waals surface area (Å²) in [5, 5.41) is 6.83. The molecule has 0 aliphatic rings. The first-order valence-corrected chi connectivity index (χ1v) is 7.75. The van der Waals surface area contributed by atoms with Crippen LogP contribution >= 0.6 is 39.1 Å². The van der Waals surface area contributed by atoms with E-state index in [1.54, 1.807) is 18.2 Å². The molecule has 0 unspecified atom stereocenters. The number of hydrogen-bond acceptors (Lipinski definition) is 2. The first-order valence-electron chi connectivity index (χ1n) is 6.20. The zero-order chi connectivity index (χ0) is 15.4. The fourth-order valence-electron chi connectivity index (χ4n) is 1.71. The quantitative estimate of drug-likeness (QED) is 0.764. The molecule has 21 heavy (non-hydrogen) atoms. The largest absolute Gasteiger partial charge is 0.376 e. The van der Waals surface area contributed by atoms with Crippen LogP contribution in [0.25, 0.3) is 0 Å². The molecule has 0 atom stereocenters. The van der Waals surface area contributed by atoms with E-state index in [9.17, 15) is 4.79 Å². The van der Waals surface area contributed by atoms with Crippen molar-refractivity contribution >= 4 is 56.4 Å². The average Bonchev–Trinajstić information content (AvgIpc) is 2.40. The second kappa shape index (κ2) is 7.16. The first kappa shape index (κ1) is 16.1. The zero-order valence-electron chi connectivity index (χ0n) is 11.2. The minimum Gasteiger partial charge on any atom is -0.376 e. The standard InChI is InChI=1S/C15H13BrCl2N2O/c1-9-2-3-12(7-14(9)16)20-15(21)8-19-13-5-10(17)4-11(18)6-13/h2-7,19H,8H2,1H3,(H,20,21). The van der Waals surface area contributed by atoms with Crippen LogP contribution in [0.5, 0.6) is 0 Å². The van der Waals surface area contributed by atoms with Crippen LogP contribution in [-0.4, -0.2) is 12.5 Å². The molecule has 0 aliphatic carbocycles. The highest BCUT2D eigenvalue weighted by Gasteiger charge is 2.05. The molecule has 110 valence electrons. The van der Waals surface area contributed by atoms with E-state index in [1.807, 2.05) is 25.1 Å². The van der Waals surface area contributed by atoms with Gasteiger partial charge in [0.15, 0.2) is 0 Å². The third-order valence-corrected chi connectivity index (χ3v) is 4.06. The molecule has 0 bridgehead atoms. The van der Waals surface area contributed by atoms with Gasteiger partial charge in [-0.1, -0.05) is 45.2 Å². The molecule has 0 aromatic heterocycles. The molecule has 0 aliphatic heterocycles. The Morgan fingerprint density at radius 3 is 2.38 bits per heavy atom. The van der Waals surface area contributed by atoms with Crippen molar-refractivity contribution in [1.29, 1.82) is 0 Å². The lowest BCUT2D eigenvalue weighted by atomic mass is 10.2. The number of carbonyl (C=O) groups excluding carboxylic acids is 1. The van der Waals surface area contributed by atoms with Crippen molar-refractivity contribution in [2.45, 2.75) is 6.92 Å². The van der Waals surface area contributed by atoms with Gasteiger partial charge in [-0.05, 0) is 42.8 Å². The van der Waals surface area contributed by atoms with E-state index in [0.29, 0.717) is 15.7 Å². The minimum atomic E-state index is -0.151. The van der Waals surface area contributed by atoms with E-state index in [-0.39, 0.29) is 12.5 Å². The number of halogens is 3. The van der Waals surface area contributed by atoms with Crippen molar-refractivity contribution in [3.05, 3.63) is 56.5 Å². The number of hydrogen-bond donors (Lipinski definition) is 2. The van der Waals surface area contributed by atoms with Crippen LogP contribution in [0.4, 0.5) is 11.4 Å². The number of amides is 1. The Bertz CT molecular complexity index is 656. The molecular formula is C15H13BrCl2N2O. The molecule has 2 aromatic rings. The Labute approximate surface area is 141 Å². The Hall–Kier alpha value is -1.23. The Kier molecular flexibility index (Phi) is 5.51. The highest BCUT2D eigenvalue weighted by molar-refractivity contribution is 9.10. The second-order valence-corrected chi connectivity index (χ2v) is 6.25. The molecule has 2 aromatic carbocycles. The number of carbonyl (C=O) groups is 1. The molecule has 0 spiro atoms. The molecule has 2 rings (SSSR count). The topological polar surface area (TPSA) is 41.1 Å². The van der Waals surface area contributed by atoms with Gasteiger partial charge in [0.25, 0.3) is 0 Å². The van der Waals surface area contributed by atoms with Gasteiger partial charge in [-0.25, -0.2) is 0 Å². The maximum absolute atomic E-state index is 11.9. The van der Waals surface area contributed by atoms with Crippen molar-refractivity contribution in [2.24, 2.45) is 0 Å². The van der Waals surface area contributed by atoms with Crippen LogP contribution in [0.15, 0.2) is 40.9 Å². The van der Waals surface area contributed by atoms with Gasteiger partial charge in [0.1, 0.15) is 0 Å². The molecule has 2 N–H and O–H groups in total. The lowest BCUT2D eigenvalue weighted by Gasteiger charge is -2.09. The fraction of sp³-hybridized carbons (Fsp3) is 0.133. The summed E-state index contributed by atoms with van der Waals surface area (Å²) in [5.74, 6) is -0.151. The molecule has 6 heteroatoms. The number of nitrogens with one attached hydrogen (secondary N) is 2. The minimum absolute atomic E-state index is 0.127. The van der Waals surface area contributed by atoms with E-state index in [1.165, 1.54) is 0 Å². The average molecular weight is 388 g/mol. The molecule has 3 nitrogen and oxygen atoms in total. The van der Waals surface area contributed by atoms with E-state index in [2.05, 4.69) is 26.6 Å². The van der Waals surface area contributed by atoms with Gasteiger partial charge < -0.3 is 10.6 Å². The van der Waals surface area contributed by atoms with Crippen molar-refractivity contribution in [3.8, 4) is 0 Å². The second-order valence-electron chi connectivity index (χ2n) is 4.52.